The number of likely N-dealkylation sites (tertiary alicyclic amines) is 1. The van der Waals surface area contributed by atoms with Crippen LogP contribution >= 0.6 is 0 Å². The standard InChI is InChI=1S/C30H35F3N2O3/c1-38-26-11-6-14-29(22-9-5-10-23(36)16-22)17-27(35(19-25(26)29)18-21-12-13-21)34-28(37)24(30(31,32)33)15-20-7-3-2-4-8-20/h2-5,7-10,15-16,21,25-27,36H,6,11-14,17-19H2,1H3,(H,34,37)/t25?,26?,27-,29-/m0/s1. The molecule has 1 heterocycles. The van der Waals surface area contributed by atoms with Crippen LogP contribution in [-0.4, -0.2) is 54.6 Å². The van der Waals surface area contributed by atoms with E-state index in [-0.39, 0.29) is 17.8 Å². The third kappa shape index (κ3) is 5.61. The summed E-state index contributed by atoms with van der Waals surface area (Å²) in [6.07, 6.45) is 0.804. The summed E-state index contributed by atoms with van der Waals surface area (Å²) >= 11 is 0. The number of amides is 1. The van der Waals surface area contributed by atoms with Gasteiger partial charge in [-0.25, -0.2) is 0 Å². The Kier molecular flexibility index (Phi) is 7.56. The molecule has 2 aromatic carbocycles. The molecule has 0 spiro atoms. The van der Waals surface area contributed by atoms with Crippen LogP contribution in [0, 0.1) is 11.8 Å². The van der Waals surface area contributed by atoms with E-state index < -0.39 is 29.2 Å². The molecular formula is C30H35F3N2O3. The van der Waals surface area contributed by atoms with Gasteiger partial charge >= 0.3 is 6.18 Å². The molecule has 2 aliphatic carbocycles. The lowest BCUT2D eigenvalue weighted by Crippen LogP contribution is -2.64. The summed E-state index contributed by atoms with van der Waals surface area (Å²) in [5, 5.41) is 13.1. The van der Waals surface area contributed by atoms with Gasteiger partial charge in [0.15, 0.2) is 0 Å². The molecule has 0 bridgehead atoms. The van der Waals surface area contributed by atoms with E-state index in [4.69, 9.17) is 4.74 Å². The molecule has 2 unspecified atom stereocenters. The van der Waals surface area contributed by atoms with Crippen LogP contribution < -0.4 is 5.32 Å². The minimum Gasteiger partial charge on any atom is -0.508 e. The second-order valence-corrected chi connectivity index (χ2v) is 11.0. The highest BCUT2D eigenvalue weighted by molar-refractivity contribution is 5.99. The van der Waals surface area contributed by atoms with Gasteiger partial charge in [-0.1, -0.05) is 42.5 Å². The van der Waals surface area contributed by atoms with E-state index in [0.29, 0.717) is 24.4 Å². The fourth-order valence-electron chi connectivity index (χ4n) is 6.53. The third-order valence-electron chi connectivity index (χ3n) is 8.57. The highest BCUT2D eigenvalue weighted by atomic mass is 19.4. The van der Waals surface area contributed by atoms with Crippen LogP contribution in [0.25, 0.3) is 6.08 Å². The van der Waals surface area contributed by atoms with Crippen LogP contribution in [0.5, 0.6) is 5.75 Å². The molecule has 2 aromatic rings. The topological polar surface area (TPSA) is 61.8 Å². The Labute approximate surface area is 221 Å². The Balaban J connectivity index is 1.50. The third-order valence-corrected chi connectivity index (χ3v) is 8.57. The summed E-state index contributed by atoms with van der Waals surface area (Å²) in [6.45, 7) is 1.34. The van der Waals surface area contributed by atoms with Crippen molar-refractivity contribution in [2.24, 2.45) is 11.8 Å². The zero-order valence-corrected chi connectivity index (χ0v) is 21.6. The highest BCUT2D eigenvalue weighted by Crippen LogP contribution is 2.52. The number of benzene rings is 2. The van der Waals surface area contributed by atoms with Gasteiger partial charge < -0.3 is 15.2 Å². The lowest BCUT2D eigenvalue weighted by atomic mass is 9.57. The van der Waals surface area contributed by atoms with Crippen molar-refractivity contribution in [1.82, 2.24) is 10.2 Å². The number of methoxy groups -OCH3 is 1. The molecule has 3 fully saturated rings. The first-order chi connectivity index (χ1) is 18.2. The number of carbonyl (C=O) groups is 1. The second kappa shape index (κ2) is 10.7. The molecule has 1 amide bonds. The van der Waals surface area contributed by atoms with E-state index in [1.54, 1.807) is 55.6 Å². The molecule has 8 heteroatoms. The van der Waals surface area contributed by atoms with Crippen LogP contribution in [0.2, 0.25) is 0 Å². The molecule has 1 saturated heterocycles. The minimum atomic E-state index is -4.80. The molecule has 38 heavy (non-hydrogen) atoms. The average Bonchev–Trinajstić information content (AvgIpc) is 3.71. The first kappa shape index (κ1) is 26.8. The molecule has 3 aliphatic rings. The second-order valence-electron chi connectivity index (χ2n) is 11.0. The minimum absolute atomic E-state index is 0.00633. The van der Waals surface area contributed by atoms with Crippen LogP contribution in [-0.2, 0) is 14.9 Å². The summed E-state index contributed by atoms with van der Waals surface area (Å²) in [5.41, 5.74) is -0.371. The summed E-state index contributed by atoms with van der Waals surface area (Å²) in [6, 6.07) is 15.3. The maximum absolute atomic E-state index is 14.1. The molecule has 5 rings (SSSR count). The number of piperidine rings is 1. The molecule has 1 aliphatic heterocycles. The van der Waals surface area contributed by atoms with Crippen molar-refractivity contribution in [3.63, 3.8) is 0 Å². The molecule has 2 saturated carbocycles. The fourth-order valence-corrected chi connectivity index (χ4v) is 6.53. The van der Waals surface area contributed by atoms with Crippen LogP contribution in [0.3, 0.4) is 0 Å². The normalized spacial score (nSPS) is 28.5. The smallest absolute Gasteiger partial charge is 0.421 e. The SMILES string of the molecule is COC1CCC[C@@]2(c3cccc(O)c3)C[C@@H](NC(=O)C(=Cc3ccccc3)C(F)(F)F)N(CC3CC3)CC12. The number of nitrogens with one attached hydrogen (secondary N) is 1. The van der Waals surface area contributed by atoms with Gasteiger partial charge in [-0.3, -0.25) is 9.69 Å². The summed E-state index contributed by atoms with van der Waals surface area (Å²) in [7, 11) is 1.71. The van der Waals surface area contributed by atoms with E-state index in [2.05, 4.69) is 10.2 Å². The number of aromatic hydroxyl groups is 1. The number of carbonyl (C=O) groups excluding carboxylic acids is 1. The number of halogens is 3. The molecule has 2 N–H and O–H groups in total. The summed E-state index contributed by atoms with van der Waals surface area (Å²) in [4.78, 5) is 15.5. The fraction of sp³-hybridized carbons (Fsp3) is 0.500. The number of hydrogen-bond donors (Lipinski definition) is 2. The van der Waals surface area contributed by atoms with Crippen molar-refractivity contribution in [3.05, 3.63) is 71.3 Å². The zero-order valence-electron chi connectivity index (χ0n) is 21.6. The van der Waals surface area contributed by atoms with Gasteiger partial charge in [0.2, 0.25) is 0 Å². The van der Waals surface area contributed by atoms with Gasteiger partial charge in [-0.05, 0) is 73.8 Å². The van der Waals surface area contributed by atoms with Crippen molar-refractivity contribution in [2.75, 3.05) is 20.2 Å². The number of phenolic OH excluding ortho intramolecular Hbond substituents is 1. The van der Waals surface area contributed by atoms with Gasteiger partial charge in [-0.15, -0.1) is 0 Å². The van der Waals surface area contributed by atoms with Crippen molar-refractivity contribution >= 4 is 12.0 Å². The predicted molar refractivity (Wildman–Crippen MR) is 139 cm³/mol. The molecule has 5 nitrogen and oxygen atoms in total. The largest absolute Gasteiger partial charge is 0.508 e. The Hall–Kier alpha value is -2.84. The van der Waals surface area contributed by atoms with Gasteiger partial charge in [0.1, 0.15) is 11.3 Å². The Morgan fingerprint density at radius 1 is 1.16 bits per heavy atom. The maximum atomic E-state index is 14.1. The Morgan fingerprint density at radius 3 is 2.58 bits per heavy atom. The first-order valence-electron chi connectivity index (χ1n) is 13.4. The van der Waals surface area contributed by atoms with E-state index in [9.17, 15) is 23.1 Å². The number of phenols is 1. The highest BCUT2D eigenvalue weighted by Gasteiger charge is 2.54. The molecule has 204 valence electrons. The Bertz CT molecular complexity index is 1160. The van der Waals surface area contributed by atoms with Crippen LogP contribution in [0.15, 0.2) is 60.2 Å². The van der Waals surface area contributed by atoms with Crippen LogP contribution in [0.1, 0.15) is 49.7 Å². The molecule has 0 aromatic heterocycles. The predicted octanol–water partition coefficient (Wildman–Crippen LogP) is 5.65. The van der Waals surface area contributed by atoms with E-state index in [1.165, 1.54) is 0 Å². The monoisotopic (exact) mass is 528 g/mol. The first-order valence-corrected chi connectivity index (χ1v) is 13.4. The average molecular weight is 529 g/mol. The summed E-state index contributed by atoms with van der Waals surface area (Å²) < 4.78 is 48.2. The van der Waals surface area contributed by atoms with E-state index >= 15 is 0 Å². The molecule has 4 atom stereocenters. The van der Waals surface area contributed by atoms with Crippen molar-refractivity contribution in [3.8, 4) is 5.75 Å². The Morgan fingerprint density at radius 2 is 1.92 bits per heavy atom. The van der Waals surface area contributed by atoms with Crippen molar-refractivity contribution in [1.29, 1.82) is 0 Å². The van der Waals surface area contributed by atoms with Gasteiger partial charge in [-0.2, -0.15) is 13.2 Å². The summed E-state index contributed by atoms with van der Waals surface area (Å²) in [5.74, 6) is -0.372. The van der Waals surface area contributed by atoms with Gasteiger partial charge in [0.05, 0.1) is 12.3 Å². The van der Waals surface area contributed by atoms with Crippen LogP contribution in [0.4, 0.5) is 13.2 Å². The van der Waals surface area contributed by atoms with Gasteiger partial charge in [0.25, 0.3) is 5.91 Å². The number of ether oxygens (including phenoxy) is 1. The maximum Gasteiger partial charge on any atom is 0.421 e. The quantitative estimate of drug-likeness (QED) is 0.456. The number of fused-ring (bicyclic) bond motifs is 1. The zero-order chi connectivity index (χ0) is 26.9. The number of rotatable bonds is 7. The molecular weight excluding hydrogens is 493 g/mol. The van der Waals surface area contributed by atoms with Gasteiger partial charge in [0, 0.05) is 31.5 Å². The number of nitrogens with zero attached hydrogens (tertiary/aromatic N) is 1. The molecule has 0 radical (unpaired) electrons. The van der Waals surface area contributed by atoms with E-state index in [0.717, 1.165) is 50.3 Å². The van der Waals surface area contributed by atoms with Crippen molar-refractivity contribution in [2.45, 2.75) is 62.4 Å². The number of alkyl halides is 3. The number of hydrogen-bond acceptors (Lipinski definition) is 4. The van der Waals surface area contributed by atoms with Crippen molar-refractivity contribution < 1.29 is 27.8 Å². The lowest BCUT2D eigenvalue weighted by Gasteiger charge is -2.56. The lowest BCUT2D eigenvalue weighted by molar-refractivity contribution is -0.135. The van der Waals surface area contributed by atoms with E-state index in [1.807, 2.05) is 6.07 Å².